The maximum absolute atomic E-state index is 12.6. The fourth-order valence-corrected chi connectivity index (χ4v) is 2.37. The van der Waals surface area contributed by atoms with Gasteiger partial charge in [-0.1, -0.05) is 29.3 Å². The van der Waals surface area contributed by atoms with Crippen LogP contribution in [0.4, 0.5) is 5.69 Å². The standard InChI is InChI=1S/C15H13Cl2NO2/c1-8-3-4-9(18)5-10(8)15(19)11-6-13(17)14(20-2)7-12(11)16/h3-7H,18H2,1-2H3. The second kappa shape index (κ2) is 5.73. The molecule has 0 saturated carbocycles. The molecule has 0 fully saturated rings. The van der Waals surface area contributed by atoms with Crippen molar-refractivity contribution in [1.82, 2.24) is 0 Å². The Kier molecular flexibility index (Phi) is 4.21. The van der Waals surface area contributed by atoms with Crippen molar-refractivity contribution in [2.75, 3.05) is 12.8 Å². The van der Waals surface area contributed by atoms with Gasteiger partial charge in [-0.15, -0.1) is 0 Å². The average Bonchev–Trinajstić information content (AvgIpc) is 2.42. The van der Waals surface area contributed by atoms with Gasteiger partial charge in [-0.25, -0.2) is 0 Å². The summed E-state index contributed by atoms with van der Waals surface area (Å²) in [5.74, 6) is 0.210. The van der Waals surface area contributed by atoms with Crippen LogP contribution in [-0.4, -0.2) is 12.9 Å². The largest absolute Gasteiger partial charge is 0.495 e. The summed E-state index contributed by atoms with van der Waals surface area (Å²) < 4.78 is 5.06. The Morgan fingerprint density at radius 1 is 1.10 bits per heavy atom. The van der Waals surface area contributed by atoms with E-state index in [2.05, 4.69) is 0 Å². The van der Waals surface area contributed by atoms with Crippen molar-refractivity contribution in [3.63, 3.8) is 0 Å². The van der Waals surface area contributed by atoms with E-state index in [1.54, 1.807) is 18.2 Å². The Hall–Kier alpha value is -1.71. The third-order valence-corrected chi connectivity index (χ3v) is 3.60. The van der Waals surface area contributed by atoms with Crippen molar-refractivity contribution < 1.29 is 9.53 Å². The van der Waals surface area contributed by atoms with Crippen LogP contribution >= 0.6 is 23.2 Å². The number of rotatable bonds is 3. The van der Waals surface area contributed by atoms with Gasteiger partial charge in [0.2, 0.25) is 0 Å². The minimum absolute atomic E-state index is 0.218. The van der Waals surface area contributed by atoms with E-state index in [0.29, 0.717) is 27.6 Å². The third-order valence-electron chi connectivity index (χ3n) is 2.99. The van der Waals surface area contributed by atoms with Gasteiger partial charge in [0.05, 0.1) is 17.2 Å². The number of carbonyl (C=O) groups excluding carboxylic acids is 1. The zero-order valence-corrected chi connectivity index (χ0v) is 12.5. The molecule has 0 spiro atoms. The Morgan fingerprint density at radius 3 is 2.45 bits per heavy atom. The van der Waals surface area contributed by atoms with E-state index < -0.39 is 0 Å². The molecule has 0 aromatic heterocycles. The van der Waals surface area contributed by atoms with Crippen LogP contribution < -0.4 is 10.5 Å². The normalized spacial score (nSPS) is 10.4. The molecule has 0 radical (unpaired) electrons. The second-order valence-electron chi connectivity index (χ2n) is 4.37. The van der Waals surface area contributed by atoms with E-state index >= 15 is 0 Å². The maximum Gasteiger partial charge on any atom is 0.194 e. The number of hydrogen-bond acceptors (Lipinski definition) is 3. The Bertz CT molecular complexity index is 684. The number of anilines is 1. The number of ketones is 1. The first-order valence-electron chi connectivity index (χ1n) is 5.88. The quantitative estimate of drug-likeness (QED) is 0.685. The number of aryl methyl sites for hydroxylation is 1. The molecule has 0 unspecified atom stereocenters. The molecular weight excluding hydrogens is 297 g/mol. The van der Waals surface area contributed by atoms with Gasteiger partial charge in [0, 0.05) is 22.9 Å². The molecule has 0 aliphatic heterocycles. The molecule has 0 saturated heterocycles. The molecule has 0 heterocycles. The number of hydrogen-bond donors (Lipinski definition) is 1. The predicted molar refractivity (Wildman–Crippen MR) is 82.0 cm³/mol. The molecule has 0 aliphatic carbocycles. The molecule has 5 heteroatoms. The van der Waals surface area contributed by atoms with E-state index in [1.165, 1.54) is 19.2 Å². The molecule has 3 nitrogen and oxygen atoms in total. The van der Waals surface area contributed by atoms with Crippen molar-refractivity contribution in [2.24, 2.45) is 0 Å². The lowest BCUT2D eigenvalue weighted by Gasteiger charge is -2.10. The van der Waals surface area contributed by atoms with Crippen molar-refractivity contribution in [3.05, 3.63) is 57.1 Å². The van der Waals surface area contributed by atoms with Gasteiger partial charge in [-0.3, -0.25) is 4.79 Å². The first-order valence-corrected chi connectivity index (χ1v) is 6.63. The second-order valence-corrected chi connectivity index (χ2v) is 5.18. The number of benzene rings is 2. The summed E-state index contributed by atoms with van der Waals surface area (Å²) in [7, 11) is 1.49. The highest BCUT2D eigenvalue weighted by Gasteiger charge is 2.18. The minimum Gasteiger partial charge on any atom is -0.495 e. The molecule has 2 N–H and O–H groups in total. The minimum atomic E-state index is -0.218. The van der Waals surface area contributed by atoms with Gasteiger partial charge in [0.25, 0.3) is 0 Å². The molecule has 2 rings (SSSR count). The first-order chi connectivity index (χ1) is 9.43. The molecular formula is C15H13Cl2NO2. The van der Waals surface area contributed by atoms with Crippen molar-refractivity contribution in [2.45, 2.75) is 6.92 Å². The molecule has 0 amide bonds. The fourth-order valence-electron chi connectivity index (χ4n) is 1.89. The van der Waals surface area contributed by atoms with E-state index in [9.17, 15) is 4.79 Å². The summed E-state index contributed by atoms with van der Waals surface area (Å²) in [6.45, 7) is 1.84. The highest BCUT2D eigenvalue weighted by Crippen LogP contribution is 2.32. The van der Waals surface area contributed by atoms with Crippen LogP contribution in [0.2, 0.25) is 10.0 Å². The highest BCUT2D eigenvalue weighted by atomic mass is 35.5. The van der Waals surface area contributed by atoms with Crippen LogP contribution in [0.1, 0.15) is 21.5 Å². The number of halogens is 2. The fraction of sp³-hybridized carbons (Fsp3) is 0.133. The lowest BCUT2D eigenvalue weighted by molar-refractivity contribution is 0.103. The summed E-state index contributed by atoms with van der Waals surface area (Å²) >= 11 is 12.2. The third kappa shape index (κ3) is 2.74. The topological polar surface area (TPSA) is 52.3 Å². The maximum atomic E-state index is 12.6. The van der Waals surface area contributed by atoms with E-state index in [-0.39, 0.29) is 10.8 Å². The van der Waals surface area contributed by atoms with Crippen LogP contribution in [0.15, 0.2) is 30.3 Å². The Morgan fingerprint density at radius 2 is 1.80 bits per heavy atom. The lowest BCUT2D eigenvalue weighted by Crippen LogP contribution is -2.06. The molecule has 0 bridgehead atoms. The molecule has 104 valence electrons. The Balaban J connectivity index is 2.54. The van der Waals surface area contributed by atoms with Crippen molar-refractivity contribution >= 4 is 34.7 Å². The average molecular weight is 310 g/mol. The summed E-state index contributed by atoms with van der Waals surface area (Å²) in [5.41, 5.74) is 7.91. The van der Waals surface area contributed by atoms with Gasteiger partial charge in [0.1, 0.15) is 5.75 Å². The van der Waals surface area contributed by atoms with E-state index in [0.717, 1.165) is 5.56 Å². The van der Waals surface area contributed by atoms with Crippen LogP contribution in [0.5, 0.6) is 5.75 Å². The molecule has 2 aromatic carbocycles. The lowest BCUT2D eigenvalue weighted by atomic mass is 9.98. The summed E-state index contributed by atoms with van der Waals surface area (Å²) in [5, 5.41) is 0.625. The van der Waals surface area contributed by atoms with E-state index in [4.69, 9.17) is 33.7 Å². The van der Waals surface area contributed by atoms with Gasteiger partial charge in [-0.05, 0) is 30.7 Å². The molecule has 0 atom stereocenters. The molecule has 0 aliphatic rings. The zero-order valence-electron chi connectivity index (χ0n) is 11.0. The smallest absolute Gasteiger partial charge is 0.194 e. The first kappa shape index (κ1) is 14.7. The molecule has 2 aromatic rings. The number of nitrogens with two attached hydrogens (primary N) is 1. The summed E-state index contributed by atoms with van der Waals surface area (Å²) in [4.78, 5) is 12.6. The zero-order chi connectivity index (χ0) is 14.9. The van der Waals surface area contributed by atoms with Crippen molar-refractivity contribution in [3.8, 4) is 5.75 Å². The van der Waals surface area contributed by atoms with Gasteiger partial charge in [0.15, 0.2) is 5.78 Å². The summed E-state index contributed by atoms with van der Waals surface area (Å²) in [6, 6.07) is 8.20. The molecule has 20 heavy (non-hydrogen) atoms. The number of nitrogen functional groups attached to an aromatic ring is 1. The van der Waals surface area contributed by atoms with Crippen molar-refractivity contribution in [1.29, 1.82) is 0 Å². The monoisotopic (exact) mass is 309 g/mol. The Labute approximate surface area is 127 Å². The number of methoxy groups -OCH3 is 1. The van der Waals surface area contributed by atoms with Gasteiger partial charge >= 0.3 is 0 Å². The van der Waals surface area contributed by atoms with Gasteiger partial charge in [-0.2, -0.15) is 0 Å². The van der Waals surface area contributed by atoms with Gasteiger partial charge < -0.3 is 10.5 Å². The number of ether oxygens (including phenoxy) is 1. The predicted octanol–water partition coefficient (Wildman–Crippen LogP) is 4.12. The highest BCUT2D eigenvalue weighted by molar-refractivity contribution is 6.37. The summed E-state index contributed by atoms with van der Waals surface area (Å²) in [6.07, 6.45) is 0. The van der Waals surface area contributed by atoms with E-state index in [1.807, 2.05) is 6.92 Å². The number of carbonyl (C=O) groups is 1. The SMILES string of the molecule is COc1cc(Cl)c(C(=O)c2cc(N)ccc2C)cc1Cl. The van der Waals surface area contributed by atoms with Crippen LogP contribution in [-0.2, 0) is 0 Å². The van der Waals surface area contributed by atoms with Crippen LogP contribution in [0.3, 0.4) is 0 Å². The van der Waals surface area contributed by atoms with Crippen LogP contribution in [0.25, 0.3) is 0 Å². The van der Waals surface area contributed by atoms with Crippen LogP contribution in [0, 0.1) is 6.92 Å².